The van der Waals surface area contributed by atoms with Crippen molar-refractivity contribution in [1.29, 1.82) is 0 Å². The zero-order valence-corrected chi connectivity index (χ0v) is 16.5. The number of hydrogen-bond acceptors (Lipinski definition) is 8. The highest BCUT2D eigenvalue weighted by molar-refractivity contribution is 5.44. The molecule has 2 saturated heterocycles. The number of morpholine rings is 1. The maximum Gasteiger partial charge on any atom is 0.293 e. The largest absolute Gasteiger partial charge is 0.378 e. The summed E-state index contributed by atoms with van der Waals surface area (Å²) in [7, 11) is 0. The summed E-state index contributed by atoms with van der Waals surface area (Å²) in [5.74, 6) is 2.13. The van der Waals surface area contributed by atoms with Crippen LogP contribution in [0.5, 0.6) is 0 Å². The summed E-state index contributed by atoms with van der Waals surface area (Å²) in [6.45, 7) is 4.65. The van der Waals surface area contributed by atoms with Crippen molar-refractivity contribution in [2.24, 2.45) is 0 Å². The molecule has 2 aliphatic heterocycles. The molecule has 2 aromatic heterocycles. The predicted octanol–water partition coefficient (Wildman–Crippen LogP) is 1.29. The molecule has 0 aromatic carbocycles. The van der Waals surface area contributed by atoms with Gasteiger partial charge in [-0.2, -0.15) is 4.98 Å². The first kappa shape index (κ1) is 18.4. The third kappa shape index (κ3) is 4.05. The van der Waals surface area contributed by atoms with Gasteiger partial charge in [-0.1, -0.05) is 0 Å². The molecule has 1 N–H and O–H groups in total. The standard InChI is InChI=1S/C20H27N7O2/c28-19-18(21-7-9-27(19)16-3-4-16)26-8-1-2-15(14-26)23-17-5-6-22-20(24-17)25-10-12-29-13-11-25/h5-7,9,15-16H,1-4,8,10-14H2,(H,22,23,24). The van der Waals surface area contributed by atoms with E-state index in [1.165, 1.54) is 0 Å². The van der Waals surface area contributed by atoms with Gasteiger partial charge in [-0.15, -0.1) is 0 Å². The number of nitrogens with zero attached hydrogens (tertiary/aromatic N) is 6. The Morgan fingerprint density at radius 3 is 2.72 bits per heavy atom. The van der Waals surface area contributed by atoms with E-state index in [1.807, 2.05) is 16.8 Å². The molecule has 3 fully saturated rings. The van der Waals surface area contributed by atoms with Gasteiger partial charge in [0.05, 0.1) is 13.2 Å². The Labute approximate surface area is 169 Å². The van der Waals surface area contributed by atoms with Crippen molar-refractivity contribution < 1.29 is 4.74 Å². The van der Waals surface area contributed by atoms with Crippen LogP contribution in [0.25, 0.3) is 0 Å². The van der Waals surface area contributed by atoms with Crippen molar-refractivity contribution in [3.05, 3.63) is 35.0 Å². The average Bonchev–Trinajstić information content (AvgIpc) is 3.60. The Kier molecular flexibility index (Phi) is 5.05. The van der Waals surface area contributed by atoms with Crippen LogP contribution in [-0.2, 0) is 4.74 Å². The van der Waals surface area contributed by atoms with Gasteiger partial charge in [0.2, 0.25) is 5.95 Å². The molecule has 29 heavy (non-hydrogen) atoms. The van der Waals surface area contributed by atoms with Gasteiger partial charge < -0.3 is 24.4 Å². The molecule has 1 unspecified atom stereocenters. The Morgan fingerprint density at radius 2 is 1.90 bits per heavy atom. The minimum atomic E-state index is 0.0345. The fraction of sp³-hybridized carbons (Fsp3) is 0.600. The van der Waals surface area contributed by atoms with Gasteiger partial charge in [0.1, 0.15) is 5.82 Å². The van der Waals surface area contributed by atoms with E-state index < -0.39 is 0 Å². The SMILES string of the molecule is O=c1c(N2CCCC(Nc3ccnc(N4CCOCC4)n3)C2)nccn1C1CC1. The minimum absolute atomic E-state index is 0.0345. The molecule has 9 nitrogen and oxygen atoms in total. The number of ether oxygens (including phenoxy) is 1. The Hall–Kier alpha value is -2.68. The fourth-order valence-electron chi connectivity index (χ4n) is 4.11. The smallest absolute Gasteiger partial charge is 0.293 e. The van der Waals surface area contributed by atoms with E-state index in [-0.39, 0.29) is 11.6 Å². The lowest BCUT2D eigenvalue weighted by molar-refractivity contribution is 0.122. The second kappa shape index (κ2) is 7.98. The van der Waals surface area contributed by atoms with Crippen molar-refractivity contribution >= 4 is 17.6 Å². The van der Waals surface area contributed by atoms with Gasteiger partial charge in [0.25, 0.3) is 5.56 Å². The summed E-state index contributed by atoms with van der Waals surface area (Å²) in [5.41, 5.74) is 0.0345. The second-order valence-corrected chi connectivity index (χ2v) is 7.97. The maximum atomic E-state index is 12.8. The van der Waals surface area contributed by atoms with Crippen LogP contribution in [0.3, 0.4) is 0 Å². The molecule has 0 spiro atoms. The third-order valence-corrected chi connectivity index (χ3v) is 5.80. The molecule has 9 heteroatoms. The first-order chi connectivity index (χ1) is 14.3. The van der Waals surface area contributed by atoms with E-state index in [0.717, 1.165) is 63.6 Å². The van der Waals surface area contributed by atoms with Gasteiger partial charge in [-0.25, -0.2) is 9.97 Å². The van der Waals surface area contributed by atoms with E-state index in [2.05, 4.69) is 25.1 Å². The Balaban J connectivity index is 1.28. The number of rotatable bonds is 5. The summed E-state index contributed by atoms with van der Waals surface area (Å²) in [6.07, 6.45) is 9.60. The number of aromatic nitrogens is 4. The molecular weight excluding hydrogens is 370 g/mol. The summed E-state index contributed by atoms with van der Waals surface area (Å²) >= 11 is 0. The molecule has 0 amide bonds. The molecule has 3 aliphatic rings. The van der Waals surface area contributed by atoms with Crippen molar-refractivity contribution in [2.75, 3.05) is 54.5 Å². The van der Waals surface area contributed by atoms with E-state index >= 15 is 0 Å². The number of anilines is 3. The highest BCUT2D eigenvalue weighted by Gasteiger charge is 2.28. The maximum absolute atomic E-state index is 12.8. The normalized spacial score (nSPS) is 22.6. The predicted molar refractivity (Wildman–Crippen MR) is 111 cm³/mol. The van der Waals surface area contributed by atoms with Crippen LogP contribution in [0.1, 0.15) is 31.7 Å². The molecule has 2 aromatic rings. The molecule has 4 heterocycles. The molecule has 0 radical (unpaired) electrons. The Bertz CT molecular complexity index is 908. The van der Waals surface area contributed by atoms with E-state index in [9.17, 15) is 4.79 Å². The monoisotopic (exact) mass is 397 g/mol. The van der Waals surface area contributed by atoms with Gasteiger partial charge in [-0.3, -0.25) is 4.79 Å². The first-order valence-electron chi connectivity index (χ1n) is 10.5. The lowest BCUT2D eigenvalue weighted by atomic mass is 10.1. The fourth-order valence-corrected chi connectivity index (χ4v) is 4.11. The van der Waals surface area contributed by atoms with Gasteiger partial charge in [0.15, 0.2) is 5.82 Å². The van der Waals surface area contributed by atoms with Gasteiger partial charge in [-0.05, 0) is 31.7 Å². The number of hydrogen-bond donors (Lipinski definition) is 1. The van der Waals surface area contributed by atoms with Crippen LogP contribution in [0.2, 0.25) is 0 Å². The first-order valence-corrected chi connectivity index (χ1v) is 10.5. The highest BCUT2D eigenvalue weighted by atomic mass is 16.5. The molecule has 5 rings (SSSR count). The lowest BCUT2D eigenvalue weighted by Gasteiger charge is -2.34. The summed E-state index contributed by atoms with van der Waals surface area (Å²) < 4.78 is 7.26. The second-order valence-electron chi connectivity index (χ2n) is 7.97. The zero-order valence-electron chi connectivity index (χ0n) is 16.5. The molecule has 1 saturated carbocycles. The molecule has 1 atom stereocenters. The van der Waals surface area contributed by atoms with Crippen LogP contribution >= 0.6 is 0 Å². The molecule has 0 bridgehead atoms. The van der Waals surface area contributed by atoms with E-state index in [4.69, 9.17) is 9.72 Å². The van der Waals surface area contributed by atoms with Crippen LogP contribution < -0.4 is 20.7 Å². The third-order valence-electron chi connectivity index (χ3n) is 5.80. The zero-order chi connectivity index (χ0) is 19.6. The highest BCUT2D eigenvalue weighted by Crippen LogP contribution is 2.33. The molecular formula is C20H27N7O2. The summed E-state index contributed by atoms with van der Waals surface area (Å²) in [4.78, 5) is 30.6. The quantitative estimate of drug-likeness (QED) is 0.807. The van der Waals surface area contributed by atoms with E-state index in [1.54, 1.807) is 12.4 Å². The van der Waals surface area contributed by atoms with E-state index in [0.29, 0.717) is 25.1 Å². The van der Waals surface area contributed by atoms with Gasteiger partial charge >= 0.3 is 0 Å². The summed E-state index contributed by atoms with van der Waals surface area (Å²) in [5, 5.41) is 3.54. The topological polar surface area (TPSA) is 88.4 Å². The molecule has 154 valence electrons. The average molecular weight is 397 g/mol. The van der Waals surface area contributed by atoms with Crippen LogP contribution in [-0.4, -0.2) is 65.0 Å². The van der Waals surface area contributed by atoms with Crippen molar-refractivity contribution in [2.45, 2.75) is 37.8 Å². The van der Waals surface area contributed by atoms with Crippen molar-refractivity contribution in [1.82, 2.24) is 19.5 Å². The Morgan fingerprint density at radius 1 is 1.03 bits per heavy atom. The van der Waals surface area contributed by atoms with Crippen LogP contribution in [0.15, 0.2) is 29.5 Å². The minimum Gasteiger partial charge on any atom is -0.378 e. The number of piperidine rings is 1. The van der Waals surface area contributed by atoms with Gasteiger partial charge in [0, 0.05) is 56.9 Å². The summed E-state index contributed by atoms with van der Waals surface area (Å²) in [6, 6.07) is 2.48. The molecule has 1 aliphatic carbocycles. The lowest BCUT2D eigenvalue weighted by Crippen LogP contribution is -2.45. The van der Waals surface area contributed by atoms with Crippen molar-refractivity contribution in [3.8, 4) is 0 Å². The van der Waals surface area contributed by atoms with Crippen LogP contribution in [0, 0.1) is 0 Å². The van der Waals surface area contributed by atoms with Crippen molar-refractivity contribution in [3.63, 3.8) is 0 Å². The van der Waals surface area contributed by atoms with Crippen LogP contribution in [0.4, 0.5) is 17.6 Å². The number of nitrogens with one attached hydrogen (secondary N) is 1.